The van der Waals surface area contributed by atoms with Gasteiger partial charge in [-0.1, -0.05) is 24.9 Å². The van der Waals surface area contributed by atoms with Crippen molar-refractivity contribution in [3.05, 3.63) is 59.1 Å². The Morgan fingerprint density at radius 1 is 1.08 bits per heavy atom. The Balaban J connectivity index is 1.88. The highest BCUT2D eigenvalue weighted by Gasteiger charge is 2.15. The van der Waals surface area contributed by atoms with Gasteiger partial charge >= 0.3 is 0 Å². The molecule has 2 N–H and O–H groups in total. The van der Waals surface area contributed by atoms with Crippen LogP contribution in [-0.4, -0.2) is 24.5 Å². The molecule has 2 aromatic carbocycles. The van der Waals surface area contributed by atoms with Gasteiger partial charge < -0.3 is 15.4 Å². The Morgan fingerprint density at radius 2 is 1.73 bits per heavy atom. The fourth-order valence-electron chi connectivity index (χ4n) is 2.20. The minimum atomic E-state index is -0.673. The SMILES string of the molecule is CCCCNC(=O)c1ccc(NC(=O)C(C)Oc2ccc(Cl)cc2)cc1. The van der Waals surface area contributed by atoms with Crippen molar-refractivity contribution in [1.29, 1.82) is 0 Å². The van der Waals surface area contributed by atoms with Gasteiger partial charge in [0.1, 0.15) is 5.75 Å². The Hall–Kier alpha value is -2.53. The van der Waals surface area contributed by atoms with Gasteiger partial charge in [-0.05, 0) is 61.9 Å². The van der Waals surface area contributed by atoms with E-state index in [1.165, 1.54) is 0 Å². The predicted octanol–water partition coefficient (Wildman–Crippen LogP) is 4.28. The highest BCUT2D eigenvalue weighted by molar-refractivity contribution is 6.30. The summed E-state index contributed by atoms with van der Waals surface area (Å²) in [7, 11) is 0. The number of unbranched alkanes of at least 4 members (excludes halogenated alkanes) is 1. The first-order valence-electron chi connectivity index (χ1n) is 8.61. The fourth-order valence-corrected chi connectivity index (χ4v) is 2.33. The topological polar surface area (TPSA) is 67.4 Å². The van der Waals surface area contributed by atoms with Crippen LogP contribution in [0.3, 0.4) is 0 Å². The fraction of sp³-hybridized carbons (Fsp3) is 0.300. The number of ether oxygens (including phenoxy) is 1. The maximum atomic E-state index is 12.2. The lowest BCUT2D eigenvalue weighted by Crippen LogP contribution is -2.30. The number of carbonyl (C=O) groups excluding carboxylic acids is 2. The number of hydrogen-bond acceptors (Lipinski definition) is 3. The summed E-state index contributed by atoms with van der Waals surface area (Å²) in [6.07, 6.45) is 1.31. The van der Waals surface area contributed by atoms with Crippen molar-refractivity contribution in [2.24, 2.45) is 0 Å². The van der Waals surface area contributed by atoms with Crippen molar-refractivity contribution in [3.63, 3.8) is 0 Å². The van der Waals surface area contributed by atoms with E-state index in [-0.39, 0.29) is 11.8 Å². The maximum Gasteiger partial charge on any atom is 0.265 e. The molecule has 0 aromatic heterocycles. The van der Waals surface area contributed by atoms with Crippen molar-refractivity contribution in [3.8, 4) is 5.75 Å². The summed E-state index contributed by atoms with van der Waals surface area (Å²) in [5.74, 6) is 0.173. The molecule has 2 rings (SSSR count). The van der Waals surface area contributed by atoms with Crippen LogP contribution < -0.4 is 15.4 Å². The Morgan fingerprint density at radius 3 is 2.35 bits per heavy atom. The quantitative estimate of drug-likeness (QED) is 0.678. The zero-order chi connectivity index (χ0) is 18.9. The van der Waals surface area contributed by atoms with Gasteiger partial charge in [0.05, 0.1) is 0 Å². The number of carbonyl (C=O) groups is 2. The van der Waals surface area contributed by atoms with E-state index in [9.17, 15) is 9.59 Å². The van der Waals surface area contributed by atoms with Crippen molar-refractivity contribution in [2.45, 2.75) is 32.8 Å². The minimum absolute atomic E-state index is 0.115. The zero-order valence-electron chi connectivity index (χ0n) is 14.9. The minimum Gasteiger partial charge on any atom is -0.481 e. The second kappa shape index (κ2) is 9.82. The molecule has 0 bridgehead atoms. The lowest BCUT2D eigenvalue weighted by atomic mass is 10.2. The number of benzene rings is 2. The van der Waals surface area contributed by atoms with Gasteiger partial charge in [0.15, 0.2) is 6.10 Å². The maximum absolute atomic E-state index is 12.2. The number of nitrogens with one attached hydrogen (secondary N) is 2. The van der Waals surface area contributed by atoms with Crippen LogP contribution >= 0.6 is 11.6 Å². The molecule has 0 aliphatic heterocycles. The largest absolute Gasteiger partial charge is 0.481 e. The van der Waals surface area contributed by atoms with E-state index < -0.39 is 6.10 Å². The summed E-state index contributed by atoms with van der Waals surface area (Å²) in [5.41, 5.74) is 1.16. The van der Waals surface area contributed by atoms with Crippen LogP contribution in [0.15, 0.2) is 48.5 Å². The van der Waals surface area contributed by atoms with Crippen LogP contribution in [0.4, 0.5) is 5.69 Å². The highest BCUT2D eigenvalue weighted by atomic mass is 35.5. The van der Waals surface area contributed by atoms with Crippen LogP contribution in [0, 0.1) is 0 Å². The lowest BCUT2D eigenvalue weighted by molar-refractivity contribution is -0.122. The number of amides is 2. The van der Waals surface area contributed by atoms with Gasteiger partial charge in [-0.15, -0.1) is 0 Å². The van der Waals surface area contributed by atoms with Gasteiger partial charge in [-0.3, -0.25) is 9.59 Å². The van der Waals surface area contributed by atoms with Gasteiger partial charge in [0.25, 0.3) is 11.8 Å². The summed E-state index contributed by atoms with van der Waals surface area (Å²) >= 11 is 5.83. The van der Waals surface area contributed by atoms with Gasteiger partial charge in [0.2, 0.25) is 0 Å². The Bertz CT molecular complexity index is 730. The molecule has 5 nitrogen and oxygen atoms in total. The molecular formula is C20H23ClN2O3. The van der Waals surface area contributed by atoms with Crippen molar-refractivity contribution >= 4 is 29.1 Å². The lowest BCUT2D eigenvalue weighted by Gasteiger charge is -2.15. The summed E-state index contributed by atoms with van der Waals surface area (Å²) in [6, 6.07) is 13.6. The highest BCUT2D eigenvalue weighted by Crippen LogP contribution is 2.17. The van der Waals surface area contributed by atoms with Crippen LogP contribution in [0.2, 0.25) is 5.02 Å². The third kappa shape index (κ3) is 6.08. The van der Waals surface area contributed by atoms with Crippen LogP contribution in [0.1, 0.15) is 37.0 Å². The molecule has 0 saturated carbocycles. The molecule has 0 aliphatic rings. The monoisotopic (exact) mass is 374 g/mol. The van der Waals surface area contributed by atoms with E-state index in [1.54, 1.807) is 55.5 Å². The van der Waals surface area contributed by atoms with E-state index in [2.05, 4.69) is 17.6 Å². The molecule has 2 amide bonds. The molecule has 138 valence electrons. The van der Waals surface area contributed by atoms with E-state index in [0.717, 1.165) is 12.8 Å². The normalized spacial score (nSPS) is 11.5. The van der Waals surface area contributed by atoms with Crippen LogP contribution in [0.5, 0.6) is 5.75 Å². The van der Waals surface area contributed by atoms with Gasteiger partial charge in [-0.25, -0.2) is 0 Å². The molecule has 1 unspecified atom stereocenters. The Kier molecular flexibility index (Phi) is 7.48. The standard InChI is InChI=1S/C20H23ClN2O3/c1-3-4-13-22-20(25)15-5-9-17(10-6-15)23-19(24)14(2)26-18-11-7-16(21)8-12-18/h5-12,14H,3-4,13H2,1-2H3,(H,22,25)(H,23,24). The number of hydrogen-bond donors (Lipinski definition) is 2. The number of halogens is 1. The van der Waals surface area contributed by atoms with Gasteiger partial charge in [-0.2, -0.15) is 0 Å². The molecule has 2 aromatic rings. The summed E-state index contributed by atoms with van der Waals surface area (Å²) in [6.45, 7) is 4.40. The molecule has 1 atom stereocenters. The number of rotatable bonds is 8. The molecule has 0 radical (unpaired) electrons. The first kappa shape index (κ1) is 19.8. The number of anilines is 1. The summed E-state index contributed by atoms with van der Waals surface area (Å²) < 4.78 is 5.59. The average Bonchev–Trinajstić information content (AvgIpc) is 2.64. The van der Waals surface area contributed by atoms with Crippen molar-refractivity contribution < 1.29 is 14.3 Å². The average molecular weight is 375 g/mol. The third-order valence-electron chi connectivity index (χ3n) is 3.73. The molecular weight excluding hydrogens is 352 g/mol. The molecule has 0 saturated heterocycles. The molecule has 0 spiro atoms. The summed E-state index contributed by atoms with van der Waals surface area (Å²) in [4.78, 5) is 24.2. The van der Waals surface area contributed by atoms with E-state index in [1.807, 2.05) is 0 Å². The second-order valence-electron chi connectivity index (χ2n) is 5.89. The van der Waals surface area contributed by atoms with Crippen molar-refractivity contribution in [1.82, 2.24) is 5.32 Å². The first-order valence-corrected chi connectivity index (χ1v) is 8.98. The van der Waals surface area contributed by atoms with Crippen LogP contribution in [-0.2, 0) is 4.79 Å². The first-order chi connectivity index (χ1) is 12.5. The smallest absolute Gasteiger partial charge is 0.265 e. The Labute approximate surface area is 158 Å². The van der Waals surface area contributed by atoms with E-state index in [4.69, 9.17) is 16.3 Å². The predicted molar refractivity (Wildman–Crippen MR) is 104 cm³/mol. The van der Waals surface area contributed by atoms with Gasteiger partial charge in [0, 0.05) is 22.8 Å². The van der Waals surface area contributed by atoms with Crippen molar-refractivity contribution in [2.75, 3.05) is 11.9 Å². The molecule has 6 heteroatoms. The zero-order valence-corrected chi connectivity index (χ0v) is 15.7. The second-order valence-corrected chi connectivity index (χ2v) is 6.33. The van der Waals surface area contributed by atoms with Crippen LogP contribution in [0.25, 0.3) is 0 Å². The molecule has 26 heavy (non-hydrogen) atoms. The van der Waals surface area contributed by atoms with E-state index in [0.29, 0.717) is 28.6 Å². The molecule has 0 aliphatic carbocycles. The van der Waals surface area contributed by atoms with E-state index >= 15 is 0 Å². The summed E-state index contributed by atoms with van der Waals surface area (Å²) in [5, 5.41) is 6.23. The molecule has 0 heterocycles. The third-order valence-corrected chi connectivity index (χ3v) is 3.98. The molecule has 0 fully saturated rings.